The molecule has 4 aliphatic carbocycles. The van der Waals surface area contributed by atoms with E-state index in [1.165, 1.54) is 86.7 Å². The lowest BCUT2D eigenvalue weighted by atomic mass is 9.54. The molecule has 3 aromatic carbocycles. The van der Waals surface area contributed by atoms with Crippen LogP contribution in [0, 0.1) is 92.7 Å². The molecule has 4 N–H and O–H groups in total. The van der Waals surface area contributed by atoms with Gasteiger partial charge in [-0.2, -0.15) is 0 Å². The second-order valence-corrected chi connectivity index (χ2v) is 35.7. The average Bonchev–Trinajstić information content (AvgIpc) is 2.40. The summed E-state index contributed by atoms with van der Waals surface area (Å²) in [6.45, 7) is 46.1. The molecule has 0 amide bonds. The lowest BCUT2D eigenvalue weighted by Gasteiger charge is -2.52. The summed E-state index contributed by atoms with van der Waals surface area (Å²) in [4.78, 5) is 2.81. The molecular formula is C74H111N5O. The molecule has 6 heterocycles. The van der Waals surface area contributed by atoms with Crippen LogP contribution in [0.1, 0.15) is 211 Å². The van der Waals surface area contributed by atoms with Gasteiger partial charge >= 0.3 is 0 Å². The molecule has 3 aromatic rings. The zero-order chi connectivity index (χ0) is 56.7. The van der Waals surface area contributed by atoms with Crippen molar-refractivity contribution in [1.29, 1.82) is 0 Å². The molecule has 6 aliphatic heterocycles. The van der Waals surface area contributed by atoms with Crippen LogP contribution in [0.25, 0.3) is 0 Å². The maximum absolute atomic E-state index is 6.85. The number of anilines is 2. The fraction of sp³-hybridized carbons (Fsp3) is 0.757. The van der Waals surface area contributed by atoms with Crippen molar-refractivity contribution in [2.24, 2.45) is 92.7 Å². The average molecular weight is 1090 g/mol. The lowest BCUT2D eigenvalue weighted by Crippen LogP contribution is -2.60. The second-order valence-electron chi connectivity index (χ2n) is 35.7. The molecule has 22 unspecified atom stereocenters. The minimum atomic E-state index is 0.0560. The molecule has 0 radical (unpaired) electrons. The van der Waals surface area contributed by atoms with Gasteiger partial charge in [-0.05, 0) is 209 Å². The van der Waals surface area contributed by atoms with Crippen LogP contribution in [-0.4, -0.2) is 54.4 Å². The molecule has 5 saturated heterocycles. The van der Waals surface area contributed by atoms with E-state index >= 15 is 0 Å². The molecule has 4 saturated carbocycles. The van der Waals surface area contributed by atoms with Gasteiger partial charge in [0.15, 0.2) is 11.5 Å². The number of fused-ring (bicyclic) bond motifs is 16. The molecule has 22 atom stereocenters. The van der Waals surface area contributed by atoms with Gasteiger partial charge in [0.25, 0.3) is 0 Å². The first-order valence-corrected chi connectivity index (χ1v) is 33.3. The summed E-state index contributed by atoms with van der Waals surface area (Å²) in [6.07, 6.45) is 13.0. The van der Waals surface area contributed by atoms with Gasteiger partial charge in [-0.15, -0.1) is 0 Å². The molecule has 8 bridgehead atoms. The Bertz CT molecular complexity index is 2690. The first-order chi connectivity index (χ1) is 37.4. The summed E-state index contributed by atoms with van der Waals surface area (Å²) < 4.78 is 6.85. The smallest absolute Gasteiger partial charge is 0.151 e. The van der Waals surface area contributed by atoms with Gasteiger partial charge in [-0.1, -0.05) is 167 Å². The summed E-state index contributed by atoms with van der Waals surface area (Å²) in [6, 6.07) is 29.9. The van der Waals surface area contributed by atoms with Crippen molar-refractivity contribution in [1.82, 2.24) is 21.3 Å². The van der Waals surface area contributed by atoms with Crippen molar-refractivity contribution >= 4 is 11.4 Å². The maximum atomic E-state index is 6.85. The van der Waals surface area contributed by atoms with Gasteiger partial charge in [0.2, 0.25) is 0 Å². The van der Waals surface area contributed by atoms with Crippen LogP contribution >= 0.6 is 0 Å². The number of para-hydroxylation sites is 4. The third-order valence-corrected chi connectivity index (χ3v) is 25.3. The Kier molecular flexibility index (Phi) is 13.6. The molecule has 80 heavy (non-hydrogen) atoms. The van der Waals surface area contributed by atoms with E-state index in [9.17, 15) is 0 Å². The van der Waals surface area contributed by atoms with Gasteiger partial charge in [0.05, 0.1) is 17.4 Å². The summed E-state index contributed by atoms with van der Waals surface area (Å²) in [5.41, 5.74) is 8.30. The van der Waals surface area contributed by atoms with Crippen molar-refractivity contribution in [2.75, 3.05) is 4.90 Å². The van der Waals surface area contributed by atoms with E-state index in [2.05, 4.69) is 196 Å². The third-order valence-electron chi connectivity index (χ3n) is 25.3. The van der Waals surface area contributed by atoms with E-state index in [1.807, 2.05) is 0 Å². The summed E-state index contributed by atoms with van der Waals surface area (Å²) in [5.74, 6) is 10.7. The molecule has 13 rings (SSSR count). The van der Waals surface area contributed by atoms with E-state index in [-0.39, 0.29) is 38.5 Å². The highest BCUT2D eigenvalue weighted by Crippen LogP contribution is 2.67. The van der Waals surface area contributed by atoms with Crippen LogP contribution in [0.4, 0.5) is 11.4 Å². The predicted octanol–water partition coefficient (Wildman–Crippen LogP) is 16.6. The lowest BCUT2D eigenvalue weighted by molar-refractivity contribution is -0.0250. The highest BCUT2D eigenvalue weighted by atomic mass is 16.5. The van der Waals surface area contributed by atoms with Crippen LogP contribution in [0.3, 0.4) is 0 Å². The fourth-order valence-electron chi connectivity index (χ4n) is 21.4. The Hall–Kier alpha value is -2.90. The minimum Gasteiger partial charge on any atom is -0.453 e. The van der Waals surface area contributed by atoms with Gasteiger partial charge in [-0.3, -0.25) is 0 Å². The normalized spacial score (nSPS) is 41.5. The van der Waals surface area contributed by atoms with Crippen molar-refractivity contribution in [2.45, 2.75) is 260 Å². The number of benzene rings is 3. The summed E-state index contributed by atoms with van der Waals surface area (Å²) in [5, 5.41) is 19.4. The quantitative estimate of drug-likeness (QED) is 0.205. The Labute approximate surface area is 487 Å². The monoisotopic (exact) mass is 1090 g/mol. The number of ether oxygens (including phenoxy) is 1. The number of rotatable bonds is 2. The maximum Gasteiger partial charge on any atom is 0.151 e. The number of nitrogens with one attached hydrogen (secondary N) is 4. The molecule has 6 nitrogen and oxygen atoms in total. The van der Waals surface area contributed by atoms with Crippen molar-refractivity contribution in [3.8, 4) is 11.5 Å². The van der Waals surface area contributed by atoms with Crippen molar-refractivity contribution in [3.05, 3.63) is 83.4 Å². The van der Waals surface area contributed by atoms with E-state index < -0.39 is 0 Å². The molecule has 438 valence electrons. The molecule has 6 heteroatoms. The summed E-state index contributed by atoms with van der Waals surface area (Å²) in [7, 11) is 0. The topological polar surface area (TPSA) is 60.6 Å². The van der Waals surface area contributed by atoms with Gasteiger partial charge in [0.1, 0.15) is 0 Å². The Morgan fingerprint density at radius 3 is 1.35 bits per heavy atom. The molecule has 0 spiro atoms. The van der Waals surface area contributed by atoms with Crippen LogP contribution < -0.4 is 30.9 Å². The van der Waals surface area contributed by atoms with Crippen LogP contribution in [0.2, 0.25) is 0 Å². The second kappa shape index (κ2) is 19.3. The fourth-order valence-corrected chi connectivity index (χ4v) is 21.4. The van der Waals surface area contributed by atoms with Crippen LogP contribution in [0.15, 0.2) is 66.7 Å². The Morgan fingerprint density at radius 1 is 0.400 bits per heavy atom. The number of nitrogens with zero attached hydrogens (tertiary/aromatic N) is 1. The zero-order valence-electron chi connectivity index (χ0n) is 53.5. The van der Waals surface area contributed by atoms with E-state index in [1.54, 1.807) is 5.56 Å². The molecule has 10 aliphatic rings. The zero-order valence-corrected chi connectivity index (χ0v) is 53.5. The molecular weight excluding hydrogens is 975 g/mol. The molecule has 9 fully saturated rings. The Morgan fingerprint density at radius 2 is 0.850 bits per heavy atom. The third kappa shape index (κ3) is 9.43. The van der Waals surface area contributed by atoms with Crippen LogP contribution in [0.5, 0.6) is 11.5 Å². The van der Waals surface area contributed by atoms with Crippen molar-refractivity contribution in [3.63, 3.8) is 0 Å². The molecule has 0 aromatic heterocycles. The SMILES string of the molecule is CC(C)(C)c1cc(C2C3CC4C(N3)C(C3CCC(N3)C(N3c5ccccc5Oc5ccccc53)C3CCC(N3)C3C5NC2CC5C2CC(C(C)(C)C)CC(C(C)(C)C)C23)C2CC(C(C)(C)C)CC(C(C)(C)C)C42)cc(C(C)(C)C)c1. The van der Waals surface area contributed by atoms with Crippen LogP contribution in [-0.2, 0) is 10.8 Å². The largest absolute Gasteiger partial charge is 0.453 e. The van der Waals surface area contributed by atoms with E-state index in [0.29, 0.717) is 102 Å². The van der Waals surface area contributed by atoms with Crippen molar-refractivity contribution < 1.29 is 4.74 Å². The first-order valence-electron chi connectivity index (χ1n) is 33.3. The predicted molar refractivity (Wildman–Crippen MR) is 334 cm³/mol. The summed E-state index contributed by atoms with van der Waals surface area (Å²) >= 11 is 0. The standard InChI is InChI=1S/C74H111N5O/c1-69(2,3)41-31-40(32-42(33-41)70(4,5)6)61-55-38-46-45-34-43(71(7,8)9)37-50(74(16,17)18)63(45)65(66(46)77-55)52-28-30-54(76-52)68(79-57-23-19-21-25-59(57)80-60-26-22-20-24-58(60)79)53-29-27-51(75-53)64-47-35-44(72(10,11)12)36-49(73(13,14)15)62(47)48-39-56(61)78-67(48)64/h19-26,31-33,43-56,61-68,75-78H,27-30,34-39H2,1-18H3. The number of hydrogen-bond acceptors (Lipinski definition) is 6. The first kappa shape index (κ1) is 56.2. The van der Waals surface area contributed by atoms with E-state index in [4.69, 9.17) is 26.0 Å². The van der Waals surface area contributed by atoms with Gasteiger partial charge in [-0.25, -0.2) is 0 Å². The minimum absolute atomic E-state index is 0.0560. The number of hydrogen-bond donors (Lipinski definition) is 4. The van der Waals surface area contributed by atoms with E-state index in [0.717, 1.165) is 35.2 Å². The highest BCUT2D eigenvalue weighted by molar-refractivity contribution is 5.79. The van der Waals surface area contributed by atoms with Gasteiger partial charge < -0.3 is 30.9 Å². The van der Waals surface area contributed by atoms with Gasteiger partial charge in [0, 0.05) is 54.3 Å². The Balaban J connectivity index is 1.00. The highest BCUT2D eigenvalue weighted by Gasteiger charge is 2.67.